The summed E-state index contributed by atoms with van der Waals surface area (Å²) in [6.07, 6.45) is -1.10. The van der Waals surface area contributed by atoms with Crippen LogP contribution in [0.25, 0.3) is 22.3 Å². The molecule has 0 atom stereocenters. The molecule has 0 radical (unpaired) electrons. The smallest absolute Gasteiger partial charge is 0.416 e. The van der Waals surface area contributed by atoms with E-state index in [1.807, 2.05) is 0 Å². The summed E-state index contributed by atoms with van der Waals surface area (Å²) in [7, 11) is 1.47. The zero-order chi connectivity index (χ0) is 30.6. The van der Waals surface area contributed by atoms with E-state index in [0.717, 1.165) is 22.4 Å². The summed E-state index contributed by atoms with van der Waals surface area (Å²) < 4.78 is 66.4. The zero-order valence-corrected chi connectivity index (χ0v) is 22.9. The largest absolute Gasteiger partial charge is 0.493 e. The average Bonchev–Trinajstić information content (AvgIpc) is 3.00. The summed E-state index contributed by atoms with van der Waals surface area (Å²) in [4.78, 5) is 18.0. The quantitative estimate of drug-likeness (QED) is 0.102. The molecule has 0 saturated heterocycles. The van der Waals surface area contributed by atoms with E-state index in [0.29, 0.717) is 34.6 Å². The summed E-state index contributed by atoms with van der Waals surface area (Å²) in [5.74, 6) is 0.431. The lowest BCUT2D eigenvalue weighted by atomic mass is 10.1. The topological polar surface area (TPSA) is 65.7 Å². The summed E-state index contributed by atoms with van der Waals surface area (Å²) >= 11 is 0. The Labute approximate surface area is 244 Å². The first kappa shape index (κ1) is 29.2. The fourth-order valence-electron chi connectivity index (χ4n) is 4.49. The monoisotopic (exact) mass is 587 g/mol. The van der Waals surface area contributed by atoms with E-state index in [9.17, 15) is 22.4 Å². The molecule has 6 nitrogen and oxygen atoms in total. The van der Waals surface area contributed by atoms with Crippen LogP contribution >= 0.6 is 0 Å². The van der Waals surface area contributed by atoms with Crippen molar-refractivity contribution in [2.45, 2.75) is 19.2 Å². The number of methoxy groups -OCH3 is 1. The lowest BCUT2D eigenvalue weighted by Crippen LogP contribution is -2.20. The van der Waals surface area contributed by atoms with Crippen molar-refractivity contribution in [1.82, 2.24) is 9.66 Å². The van der Waals surface area contributed by atoms with Gasteiger partial charge in [0.05, 0.1) is 29.8 Å². The fraction of sp³-hybridized carbons (Fsp3) is 0.121. The molecule has 0 aliphatic rings. The first-order chi connectivity index (χ1) is 20.7. The molecule has 10 heteroatoms. The second-order valence-electron chi connectivity index (χ2n) is 9.51. The van der Waals surface area contributed by atoms with E-state index >= 15 is 0 Å². The Morgan fingerprint density at radius 2 is 1.77 bits per heavy atom. The molecule has 5 rings (SSSR count). The van der Waals surface area contributed by atoms with Crippen molar-refractivity contribution < 1.29 is 27.0 Å². The Balaban J connectivity index is 1.58. The van der Waals surface area contributed by atoms with Crippen LogP contribution in [0.2, 0.25) is 0 Å². The maximum absolute atomic E-state index is 13.5. The number of fused-ring (bicyclic) bond motifs is 1. The molecule has 4 aromatic carbocycles. The third kappa shape index (κ3) is 6.48. The Hall–Kier alpha value is -5.25. The number of hydrogen-bond acceptors (Lipinski definition) is 5. The number of halogens is 4. The molecule has 0 aliphatic heterocycles. The molecular formula is C33H25F4N3O3. The Bertz CT molecular complexity index is 1880. The predicted molar refractivity (Wildman–Crippen MR) is 157 cm³/mol. The highest BCUT2D eigenvalue weighted by atomic mass is 19.4. The molecule has 0 amide bonds. The molecule has 0 aliphatic carbocycles. The van der Waals surface area contributed by atoms with Crippen LogP contribution in [-0.2, 0) is 19.2 Å². The minimum absolute atomic E-state index is 0.0522. The van der Waals surface area contributed by atoms with Gasteiger partial charge in [-0.3, -0.25) is 4.79 Å². The zero-order valence-electron chi connectivity index (χ0n) is 22.9. The molecule has 1 aromatic heterocycles. The van der Waals surface area contributed by atoms with Gasteiger partial charge in [-0.2, -0.15) is 22.9 Å². The van der Waals surface area contributed by atoms with Gasteiger partial charge in [-0.1, -0.05) is 42.5 Å². The van der Waals surface area contributed by atoms with Crippen molar-refractivity contribution in [2.24, 2.45) is 5.10 Å². The molecule has 218 valence electrons. The third-order valence-corrected chi connectivity index (χ3v) is 6.56. The molecule has 0 unspecified atom stereocenters. The van der Waals surface area contributed by atoms with Crippen LogP contribution in [0.3, 0.4) is 0 Å². The first-order valence-electron chi connectivity index (χ1n) is 13.1. The molecule has 43 heavy (non-hydrogen) atoms. The Morgan fingerprint density at radius 3 is 2.49 bits per heavy atom. The number of para-hydroxylation sites is 1. The van der Waals surface area contributed by atoms with Crippen molar-refractivity contribution in [3.05, 3.63) is 136 Å². The molecule has 0 N–H and O–H groups in total. The molecule has 5 aromatic rings. The van der Waals surface area contributed by atoms with Crippen molar-refractivity contribution in [2.75, 3.05) is 7.11 Å². The number of benzene rings is 4. The third-order valence-electron chi connectivity index (χ3n) is 6.56. The minimum Gasteiger partial charge on any atom is -0.493 e. The molecule has 0 fully saturated rings. The van der Waals surface area contributed by atoms with Crippen LogP contribution in [0.15, 0.2) is 107 Å². The van der Waals surface area contributed by atoms with E-state index in [4.69, 9.17) is 9.47 Å². The number of nitrogens with zero attached hydrogens (tertiary/aromatic N) is 3. The van der Waals surface area contributed by atoms with Crippen molar-refractivity contribution in [1.29, 1.82) is 0 Å². The average molecular weight is 588 g/mol. The molecule has 0 saturated carbocycles. The summed E-state index contributed by atoms with van der Waals surface area (Å²) in [6.45, 7) is 3.97. The lowest BCUT2D eigenvalue weighted by Gasteiger charge is -2.16. The maximum Gasteiger partial charge on any atom is 0.416 e. The van der Waals surface area contributed by atoms with Gasteiger partial charge in [-0.25, -0.2) is 9.37 Å². The van der Waals surface area contributed by atoms with Gasteiger partial charge < -0.3 is 9.47 Å². The Morgan fingerprint density at radius 1 is 1.00 bits per heavy atom. The van der Waals surface area contributed by atoms with Crippen LogP contribution in [0.4, 0.5) is 17.6 Å². The van der Waals surface area contributed by atoms with Gasteiger partial charge in [-0.05, 0) is 66.1 Å². The van der Waals surface area contributed by atoms with Crippen molar-refractivity contribution >= 4 is 17.1 Å². The number of ether oxygens (including phenoxy) is 2. The molecule has 0 bridgehead atoms. The SMILES string of the molecule is C=CCc1cc(C=Nn2c(-c3cccc(C(F)(F)F)c3)nc3ccccc3c2=O)cc(OC)c1OCc1ccc(F)cc1. The van der Waals surface area contributed by atoms with Crippen molar-refractivity contribution in [3.8, 4) is 22.9 Å². The first-order valence-corrected chi connectivity index (χ1v) is 13.1. The molecule has 0 spiro atoms. The van der Waals surface area contributed by atoms with Crippen LogP contribution in [0.5, 0.6) is 11.5 Å². The van der Waals surface area contributed by atoms with Gasteiger partial charge in [0.15, 0.2) is 17.3 Å². The summed E-state index contributed by atoms with van der Waals surface area (Å²) in [5.41, 5.74) is 0.958. The van der Waals surface area contributed by atoms with Crippen molar-refractivity contribution in [3.63, 3.8) is 0 Å². The van der Waals surface area contributed by atoms with Gasteiger partial charge in [0.1, 0.15) is 12.4 Å². The maximum atomic E-state index is 13.5. The predicted octanol–water partition coefficient (Wildman–Crippen LogP) is 7.42. The standard InChI is InChI=1S/C33H25F4N3O3/c1-3-7-23-16-22(17-29(42-2)30(23)43-20-21-12-14-26(34)15-13-21)19-38-40-31(24-8-6-9-25(18-24)33(35,36)37)39-28-11-5-4-10-27(28)32(40)41/h3-6,8-19H,1,7,20H2,2H3. The van der Waals surface area contributed by atoms with E-state index in [1.54, 1.807) is 54.6 Å². The minimum atomic E-state index is -4.58. The van der Waals surface area contributed by atoms with Gasteiger partial charge >= 0.3 is 6.18 Å². The number of hydrogen-bond donors (Lipinski definition) is 0. The highest BCUT2D eigenvalue weighted by Gasteiger charge is 2.31. The van der Waals surface area contributed by atoms with Crippen LogP contribution in [0, 0.1) is 5.82 Å². The Kier molecular flexibility index (Phi) is 8.38. The number of alkyl halides is 3. The van der Waals surface area contributed by atoms with Gasteiger partial charge in [0.2, 0.25) is 0 Å². The molecular weight excluding hydrogens is 562 g/mol. The van der Waals surface area contributed by atoms with Gasteiger partial charge in [-0.15, -0.1) is 6.58 Å². The van der Waals surface area contributed by atoms with E-state index in [-0.39, 0.29) is 29.2 Å². The normalized spacial score (nSPS) is 11.7. The number of allylic oxidation sites excluding steroid dienone is 1. The highest BCUT2D eigenvalue weighted by molar-refractivity contribution is 5.83. The van der Waals surface area contributed by atoms with Gasteiger partial charge in [0.25, 0.3) is 5.56 Å². The number of aromatic nitrogens is 2. The van der Waals surface area contributed by atoms with E-state index in [2.05, 4.69) is 16.7 Å². The van der Waals surface area contributed by atoms with E-state index < -0.39 is 17.3 Å². The summed E-state index contributed by atoms with van der Waals surface area (Å²) in [5, 5.41) is 4.63. The fourth-order valence-corrected chi connectivity index (χ4v) is 4.49. The van der Waals surface area contributed by atoms with E-state index in [1.165, 1.54) is 37.6 Å². The highest BCUT2D eigenvalue weighted by Crippen LogP contribution is 2.34. The summed E-state index contributed by atoms with van der Waals surface area (Å²) in [6, 6.07) is 20.5. The van der Waals surface area contributed by atoms with Gasteiger partial charge in [0, 0.05) is 11.1 Å². The second kappa shape index (κ2) is 12.3. The lowest BCUT2D eigenvalue weighted by molar-refractivity contribution is -0.137. The molecule has 1 heterocycles. The van der Waals surface area contributed by atoms with Crippen LogP contribution < -0.4 is 15.0 Å². The number of rotatable bonds is 9. The second-order valence-corrected chi connectivity index (χ2v) is 9.51. The van der Waals surface area contributed by atoms with Crippen LogP contribution in [0.1, 0.15) is 22.3 Å². The van der Waals surface area contributed by atoms with Crippen LogP contribution in [-0.4, -0.2) is 23.0 Å².